The lowest BCUT2D eigenvalue weighted by molar-refractivity contribution is -0.161. The van der Waals surface area contributed by atoms with E-state index in [1.165, 1.54) is 205 Å². The van der Waals surface area contributed by atoms with Crippen molar-refractivity contribution < 1.29 is 80.2 Å². The van der Waals surface area contributed by atoms with Crippen LogP contribution in [0.2, 0.25) is 0 Å². The quantitative estimate of drug-likeness (QED) is 0.0222. The van der Waals surface area contributed by atoms with Crippen molar-refractivity contribution in [2.45, 2.75) is 407 Å². The van der Waals surface area contributed by atoms with Gasteiger partial charge in [0.15, 0.2) is 12.2 Å². The summed E-state index contributed by atoms with van der Waals surface area (Å²) in [7, 11) is -9.91. The number of esters is 4. The average Bonchev–Trinajstić information content (AvgIpc) is 2.08. The van der Waals surface area contributed by atoms with Crippen LogP contribution < -0.4 is 0 Å². The second-order valence-electron chi connectivity index (χ2n) is 27.8. The molecule has 0 saturated heterocycles. The van der Waals surface area contributed by atoms with Gasteiger partial charge in [-0.3, -0.25) is 37.3 Å². The van der Waals surface area contributed by atoms with Gasteiger partial charge in [0.05, 0.1) is 26.4 Å². The van der Waals surface area contributed by atoms with Gasteiger partial charge in [-0.2, -0.15) is 0 Å². The van der Waals surface area contributed by atoms with Gasteiger partial charge in [0.25, 0.3) is 0 Å². The van der Waals surface area contributed by atoms with E-state index in [9.17, 15) is 43.2 Å². The zero-order chi connectivity index (χ0) is 69.3. The van der Waals surface area contributed by atoms with Gasteiger partial charge in [-0.15, -0.1) is 0 Å². The van der Waals surface area contributed by atoms with E-state index in [4.69, 9.17) is 37.0 Å². The Balaban J connectivity index is 5.22. The highest BCUT2D eigenvalue weighted by Gasteiger charge is 2.30. The Kier molecular flexibility index (Phi) is 65.5. The van der Waals surface area contributed by atoms with Gasteiger partial charge in [0, 0.05) is 25.7 Å². The molecule has 3 unspecified atom stereocenters. The second-order valence-corrected chi connectivity index (χ2v) is 30.7. The molecule has 0 heterocycles. The van der Waals surface area contributed by atoms with E-state index in [0.717, 1.165) is 102 Å². The normalized spacial score (nSPS) is 14.3. The maximum Gasteiger partial charge on any atom is 0.472 e. The molecule has 19 heteroatoms. The fourth-order valence-corrected chi connectivity index (χ4v) is 13.0. The fourth-order valence-electron chi connectivity index (χ4n) is 11.4. The lowest BCUT2D eigenvalue weighted by atomic mass is 10.00. The summed E-state index contributed by atoms with van der Waals surface area (Å²) in [4.78, 5) is 72.7. The summed E-state index contributed by atoms with van der Waals surface area (Å²) in [5.41, 5.74) is 0. The van der Waals surface area contributed by atoms with E-state index in [0.29, 0.717) is 25.7 Å². The van der Waals surface area contributed by atoms with Crippen LogP contribution in [0, 0.1) is 11.8 Å². The number of carbonyl (C=O) groups excluding carboxylic acids is 4. The van der Waals surface area contributed by atoms with Crippen LogP contribution in [0.4, 0.5) is 0 Å². The number of phosphoric ester groups is 2. The van der Waals surface area contributed by atoms with Crippen LogP contribution in [0.15, 0.2) is 0 Å². The van der Waals surface area contributed by atoms with Gasteiger partial charge in [-0.05, 0) is 37.5 Å². The van der Waals surface area contributed by atoms with E-state index in [-0.39, 0.29) is 25.7 Å². The maximum atomic E-state index is 13.1. The molecule has 17 nitrogen and oxygen atoms in total. The van der Waals surface area contributed by atoms with Crippen molar-refractivity contribution in [3.8, 4) is 0 Å². The summed E-state index contributed by atoms with van der Waals surface area (Å²) >= 11 is 0. The van der Waals surface area contributed by atoms with Gasteiger partial charge >= 0.3 is 39.5 Å². The molecule has 558 valence electrons. The van der Waals surface area contributed by atoms with Crippen LogP contribution in [-0.2, 0) is 65.4 Å². The number of hydrogen-bond acceptors (Lipinski definition) is 15. The summed E-state index contributed by atoms with van der Waals surface area (Å²) in [6.07, 6.45) is 54.1. The van der Waals surface area contributed by atoms with E-state index in [1.807, 2.05) is 0 Å². The Morgan fingerprint density at radius 3 is 0.809 bits per heavy atom. The zero-order valence-electron chi connectivity index (χ0n) is 61.3. The highest BCUT2D eigenvalue weighted by Crippen LogP contribution is 2.45. The monoisotopic (exact) mass is 1380 g/mol. The SMILES string of the molecule is CCCCCCCCCCCCCCCCCCCCC(=O)O[C@H](COC(=O)CCCCCCCCCCCCCCCC(C)C)COP(=O)(O)OC[C@@H](O)COP(=O)(O)OC[C@@H](COC(=O)CCCCCCCCCCCC)OC(=O)CCCCCCCCC(C)CC. The van der Waals surface area contributed by atoms with Crippen molar-refractivity contribution in [3.63, 3.8) is 0 Å². The summed E-state index contributed by atoms with van der Waals surface area (Å²) in [5, 5.41) is 10.6. The Hall–Kier alpha value is -1.94. The Morgan fingerprint density at radius 1 is 0.309 bits per heavy atom. The van der Waals surface area contributed by atoms with E-state index >= 15 is 0 Å². The minimum Gasteiger partial charge on any atom is -0.462 e. The molecule has 0 aliphatic heterocycles. The van der Waals surface area contributed by atoms with Crippen molar-refractivity contribution in [1.82, 2.24) is 0 Å². The van der Waals surface area contributed by atoms with Gasteiger partial charge in [-0.25, -0.2) is 9.13 Å². The largest absolute Gasteiger partial charge is 0.472 e. The summed E-state index contributed by atoms with van der Waals surface area (Å²) in [6.45, 7) is 9.55. The summed E-state index contributed by atoms with van der Waals surface area (Å²) in [5.74, 6) is -0.608. The second kappa shape index (κ2) is 66.9. The van der Waals surface area contributed by atoms with Crippen LogP contribution in [0.25, 0.3) is 0 Å². The molecule has 0 bridgehead atoms. The molecule has 0 spiro atoms. The number of ether oxygens (including phenoxy) is 4. The van der Waals surface area contributed by atoms with E-state index in [2.05, 4.69) is 41.5 Å². The minimum absolute atomic E-state index is 0.103. The molecule has 3 N–H and O–H groups in total. The molecule has 6 atom stereocenters. The average molecular weight is 1380 g/mol. The van der Waals surface area contributed by atoms with E-state index in [1.54, 1.807) is 0 Å². The molecular formula is C75H146O17P2. The van der Waals surface area contributed by atoms with Crippen molar-refractivity contribution in [2.24, 2.45) is 11.8 Å². The van der Waals surface area contributed by atoms with Crippen LogP contribution >= 0.6 is 15.6 Å². The van der Waals surface area contributed by atoms with Crippen LogP contribution in [0.1, 0.15) is 388 Å². The summed E-state index contributed by atoms with van der Waals surface area (Å²) < 4.78 is 68.4. The maximum absolute atomic E-state index is 13.1. The first kappa shape index (κ1) is 92.1. The van der Waals surface area contributed by atoms with Crippen molar-refractivity contribution >= 4 is 39.5 Å². The van der Waals surface area contributed by atoms with Gasteiger partial charge < -0.3 is 33.8 Å². The highest BCUT2D eigenvalue weighted by atomic mass is 31.2. The number of carbonyl (C=O) groups is 4. The van der Waals surface area contributed by atoms with Gasteiger partial charge in [0.2, 0.25) is 0 Å². The van der Waals surface area contributed by atoms with Crippen LogP contribution in [0.5, 0.6) is 0 Å². The number of rotatable bonds is 74. The number of aliphatic hydroxyl groups excluding tert-OH is 1. The topological polar surface area (TPSA) is 237 Å². The number of hydrogen-bond donors (Lipinski definition) is 3. The number of aliphatic hydroxyl groups is 1. The standard InChI is InChI=1S/C75H146O17P2/c1-7-10-12-14-16-18-20-21-22-23-24-25-28-32-36-40-47-53-59-74(79)91-70(63-85-73(78)58-52-46-39-35-31-29-26-27-30-33-37-43-49-55-67(4)5)65-89-93(81,82)87-61-69(76)62-88-94(83,84)90-66-71(92-75(80)60-54-48-42-41-44-50-56-68(6)9-3)64-86-72(77)57-51-45-38-34-19-17-15-13-11-8-2/h67-71,76H,7-66H2,1-6H3,(H,81,82)(H,83,84)/t68?,69-,70-,71-/m1/s1. The number of unbranched alkanes of at least 4 members (excludes halogenated alkanes) is 43. The predicted molar refractivity (Wildman–Crippen MR) is 381 cm³/mol. The molecule has 0 radical (unpaired) electrons. The van der Waals surface area contributed by atoms with Crippen molar-refractivity contribution in [2.75, 3.05) is 39.6 Å². The van der Waals surface area contributed by atoms with Crippen molar-refractivity contribution in [3.05, 3.63) is 0 Å². The predicted octanol–water partition coefficient (Wildman–Crippen LogP) is 21.9. The molecule has 0 saturated carbocycles. The Labute approximate surface area is 575 Å². The smallest absolute Gasteiger partial charge is 0.462 e. The molecule has 0 aromatic carbocycles. The third-order valence-corrected chi connectivity index (χ3v) is 19.7. The lowest BCUT2D eigenvalue weighted by Gasteiger charge is -2.21. The number of phosphoric acid groups is 2. The minimum atomic E-state index is -4.96. The first-order valence-electron chi connectivity index (χ1n) is 39.0. The molecule has 0 aliphatic rings. The van der Waals surface area contributed by atoms with Crippen LogP contribution in [-0.4, -0.2) is 96.7 Å². The first-order chi connectivity index (χ1) is 45.4. The molecule has 0 aliphatic carbocycles. The van der Waals surface area contributed by atoms with Gasteiger partial charge in [-0.1, -0.05) is 337 Å². The third kappa shape index (κ3) is 67.3. The zero-order valence-corrected chi connectivity index (χ0v) is 63.1. The molecule has 0 aromatic rings. The lowest BCUT2D eigenvalue weighted by Crippen LogP contribution is -2.30. The van der Waals surface area contributed by atoms with Crippen molar-refractivity contribution in [1.29, 1.82) is 0 Å². The van der Waals surface area contributed by atoms with Crippen LogP contribution in [0.3, 0.4) is 0 Å². The molecule has 0 amide bonds. The molecule has 0 rings (SSSR count). The van der Waals surface area contributed by atoms with E-state index < -0.39 is 97.5 Å². The molecule has 0 fully saturated rings. The fraction of sp³-hybridized carbons (Fsp3) is 0.947. The third-order valence-electron chi connectivity index (χ3n) is 17.8. The first-order valence-corrected chi connectivity index (χ1v) is 42.0. The molecule has 0 aromatic heterocycles. The molecule has 94 heavy (non-hydrogen) atoms. The Morgan fingerprint density at radius 2 is 0.543 bits per heavy atom. The van der Waals surface area contributed by atoms with Gasteiger partial charge in [0.1, 0.15) is 19.3 Å². The highest BCUT2D eigenvalue weighted by molar-refractivity contribution is 7.47. The Bertz CT molecular complexity index is 1820. The summed E-state index contributed by atoms with van der Waals surface area (Å²) in [6, 6.07) is 0. The molecular weight excluding hydrogens is 1230 g/mol.